The summed E-state index contributed by atoms with van der Waals surface area (Å²) in [6.07, 6.45) is 5.77. The molecule has 2 aromatic carbocycles. The molecule has 0 fully saturated rings. The van der Waals surface area contributed by atoms with Gasteiger partial charge in [0.05, 0.1) is 24.2 Å². The number of aliphatic hydroxyl groups is 1. The molecule has 5 heteroatoms. The standard InChI is InChI=1S/C19H16ClN3O/c20-15-6-7-17-16(12-15)19(14-4-2-1-3-5-14)21-13-18-22(10-11-24)8-9-23(17)18/h1-9,12-13,24H,10-11H2. The van der Waals surface area contributed by atoms with Crippen molar-refractivity contribution < 1.29 is 5.11 Å². The second kappa shape index (κ2) is 6.15. The molecule has 0 radical (unpaired) electrons. The molecule has 1 N–H and O–H groups in total. The maximum Gasteiger partial charge on any atom is 0.136 e. The van der Waals surface area contributed by atoms with E-state index in [1.165, 1.54) is 0 Å². The molecule has 0 spiro atoms. The van der Waals surface area contributed by atoms with E-state index in [1.54, 1.807) is 0 Å². The lowest BCUT2D eigenvalue weighted by molar-refractivity contribution is 0.259. The maximum atomic E-state index is 9.27. The zero-order valence-corrected chi connectivity index (χ0v) is 13.7. The van der Waals surface area contributed by atoms with Crippen LogP contribution in [0.3, 0.4) is 0 Å². The number of benzene rings is 2. The molecule has 0 aliphatic carbocycles. The smallest absolute Gasteiger partial charge is 0.136 e. The number of anilines is 1. The number of nitrogens with zero attached hydrogens (tertiary/aromatic N) is 3. The van der Waals surface area contributed by atoms with E-state index in [1.807, 2.05) is 72.0 Å². The summed E-state index contributed by atoms with van der Waals surface area (Å²) in [5.74, 6) is 0.915. The van der Waals surface area contributed by atoms with Gasteiger partial charge in [-0.05, 0) is 18.2 Å². The fourth-order valence-electron chi connectivity index (χ4n) is 3.00. The third kappa shape index (κ3) is 2.50. The van der Waals surface area contributed by atoms with Gasteiger partial charge in [0.15, 0.2) is 0 Å². The summed E-state index contributed by atoms with van der Waals surface area (Å²) >= 11 is 6.25. The number of β-amino-alcohol motifs (C(OH)–C–C–N with tert-alkyl or cyclic N) is 1. The van der Waals surface area contributed by atoms with E-state index >= 15 is 0 Å². The molecule has 4 nitrogen and oxygen atoms in total. The van der Waals surface area contributed by atoms with Crippen molar-refractivity contribution in [2.24, 2.45) is 4.99 Å². The first-order valence-corrected chi connectivity index (χ1v) is 8.14. The van der Waals surface area contributed by atoms with Crippen LogP contribution in [0.25, 0.3) is 0 Å². The van der Waals surface area contributed by atoms with Crippen LogP contribution in [0.15, 0.2) is 77.9 Å². The van der Waals surface area contributed by atoms with Crippen molar-refractivity contribution in [2.45, 2.75) is 0 Å². The fraction of sp³-hybridized carbons (Fsp3) is 0.105. The van der Waals surface area contributed by atoms with E-state index in [2.05, 4.69) is 4.90 Å². The Morgan fingerprint density at radius 1 is 1.04 bits per heavy atom. The van der Waals surface area contributed by atoms with Crippen LogP contribution >= 0.6 is 11.6 Å². The van der Waals surface area contributed by atoms with Crippen molar-refractivity contribution in [1.82, 2.24) is 4.90 Å². The minimum Gasteiger partial charge on any atom is -0.395 e. The highest BCUT2D eigenvalue weighted by Crippen LogP contribution is 2.35. The number of halogens is 1. The van der Waals surface area contributed by atoms with E-state index < -0.39 is 0 Å². The Labute approximate surface area is 145 Å². The van der Waals surface area contributed by atoms with Gasteiger partial charge in [-0.3, -0.25) is 9.89 Å². The number of hydrogen-bond donors (Lipinski definition) is 1. The number of aliphatic imine (C=N–C) groups is 1. The van der Waals surface area contributed by atoms with Crippen LogP contribution in [0.5, 0.6) is 0 Å². The first-order valence-electron chi connectivity index (χ1n) is 7.76. The Morgan fingerprint density at radius 2 is 1.88 bits per heavy atom. The molecule has 24 heavy (non-hydrogen) atoms. The highest BCUT2D eigenvalue weighted by molar-refractivity contribution is 6.31. The third-order valence-corrected chi connectivity index (χ3v) is 4.34. The summed E-state index contributed by atoms with van der Waals surface area (Å²) in [5, 5.41) is 9.95. The molecule has 0 aromatic heterocycles. The van der Waals surface area contributed by atoms with Crippen molar-refractivity contribution >= 4 is 23.0 Å². The summed E-state index contributed by atoms with van der Waals surface area (Å²) in [5.41, 5.74) is 3.92. The van der Waals surface area contributed by atoms with E-state index in [0.717, 1.165) is 28.3 Å². The van der Waals surface area contributed by atoms with Crippen LogP contribution in [0.1, 0.15) is 11.1 Å². The lowest BCUT2D eigenvalue weighted by Crippen LogP contribution is -2.25. The SMILES string of the molecule is OCCN1C=CN2C1=CN=C(c1ccccc1)c1cc(Cl)ccc12. The van der Waals surface area contributed by atoms with E-state index in [-0.39, 0.29) is 6.61 Å². The van der Waals surface area contributed by atoms with E-state index in [0.29, 0.717) is 11.6 Å². The van der Waals surface area contributed by atoms with Gasteiger partial charge in [-0.25, -0.2) is 0 Å². The molecule has 2 aromatic rings. The predicted octanol–water partition coefficient (Wildman–Crippen LogP) is 3.58. The molecular formula is C19H16ClN3O. The van der Waals surface area contributed by atoms with Crippen molar-refractivity contribution in [1.29, 1.82) is 0 Å². The first-order chi connectivity index (χ1) is 11.8. The van der Waals surface area contributed by atoms with Crippen LogP contribution in [0, 0.1) is 0 Å². The maximum absolute atomic E-state index is 9.27. The Kier molecular flexibility index (Phi) is 3.84. The zero-order chi connectivity index (χ0) is 16.5. The second-order valence-corrected chi connectivity index (χ2v) is 6.01. The molecule has 2 heterocycles. The topological polar surface area (TPSA) is 39.1 Å². The molecule has 0 atom stereocenters. The largest absolute Gasteiger partial charge is 0.395 e. The van der Waals surface area contributed by atoms with Crippen LogP contribution in [-0.4, -0.2) is 28.9 Å². The normalized spacial score (nSPS) is 15.6. The first kappa shape index (κ1) is 15.0. The minimum absolute atomic E-state index is 0.0816. The van der Waals surface area contributed by atoms with E-state index in [9.17, 15) is 5.11 Å². The van der Waals surface area contributed by atoms with Crippen molar-refractivity contribution in [3.05, 3.63) is 89.1 Å². The van der Waals surface area contributed by atoms with Gasteiger partial charge in [0.25, 0.3) is 0 Å². The van der Waals surface area contributed by atoms with Gasteiger partial charge < -0.3 is 10.0 Å². The minimum atomic E-state index is 0.0816. The Hall–Kier alpha value is -2.56. The molecule has 120 valence electrons. The lowest BCUT2D eigenvalue weighted by atomic mass is 10.0. The molecular weight excluding hydrogens is 322 g/mol. The average Bonchev–Trinajstić information content (AvgIpc) is 2.92. The highest BCUT2D eigenvalue weighted by atomic mass is 35.5. The van der Waals surface area contributed by atoms with Crippen molar-refractivity contribution in [2.75, 3.05) is 18.1 Å². The third-order valence-electron chi connectivity index (χ3n) is 4.11. The van der Waals surface area contributed by atoms with Gasteiger partial charge in [0.2, 0.25) is 0 Å². The fourth-order valence-corrected chi connectivity index (χ4v) is 3.17. The predicted molar refractivity (Wildman–Crippen MR) is 97.0 cm³/mol. The van der Waals surface area contributed by atoms with Gasteiger partial charge in [0, 0.05) is 35.1 Å². The summed E-state index contributed by atoms with van der Waals surface area (Å²) in [7, 11) is 0. The van der Waals surface area contributed by atoms with Crippen LogP contribution in [0.2, 0.25) is 5.02 Å². The van der Waals surface area contributed by atoms with Gasteiger partial charge in [0.1, 0.15) is 5.82 Å². The Morgan fingerprint density at radius 3 is 2.67 bits per heavy atom. The van der Waals surface area contributed by atoms with Gasteiger partial charge in [-0.15, -0.1) is 0 Å². The molecule has 0 bridgehead atoms. The molecule has 0 saturated carbocycles. The average molecular weight is 338 g/mol. The number of hydrogen-bond acceptors (Lipinski definition) is 4. The van der Waals surface area contributed by atoms with Gasteiger partial charge in [-0.2, -0.15) is 0 Å². The lowest BCUT2D eigenvalue weighted by Gasteiger charge is -2.24. The van der Waals surface area contributed by atoms with Gasteiger partial charge in [-0.1, -0.05) is 41.9 Å². The molecule has 2 aliphatic heterocycles. The van der Waals surface area contributed by atoms with Gasteiger partial charge >= 0.3 is 0 Å². The quantitative estimate of drug-likeness (QED) is 0.930. The van der Waals surface area contributed by atoms with E-state index in [4.69, 9.17) is 16.6 Å². The Balaban J connectivity index is 1.89. The number of fused-ring (bicyclic) bond motifs is 3. The molecule has 0 unspecified atom stereocenters. The highest BCUT2D eigenvalue weighted by Gasteiger charge is 2.27. The molecule has 0 saturated heterocycles. The van der Waals surface area contributed by atoms with Crippen LogP contribution in [0.4, 0.5) is 5.69 Å². The summed E-state index contributed by atoms with van der Waals surface area (Å²) in [6.45, 7) is 0.607. The summed E-state index contributed by atoms with van der Waals surface area (Å²) in [6, 6.07) is 15.9. The summed E-state index contributed by atoms with van der Waals surface area (Å²) < 4.78 is 0. The monoisotopic (exact) mass is 337 g/mol. The molecule has 4 rings (SSSR count). The van der Waals surface area contributed by atoms with Crippen LogP contribution in [-0.2, 0) is 0 Å². The number of rotatable bonds is 3. The van der Waals surface area contributed by atoms with Crippen molar-refractivity contribution in [3.8, 4) is 0 Å². The summed E-state index contributed by atoms with van der Waals surface area (Å²) in [4.78, 5) is 8.79. The zero-order valence-electron chi connectivity index (χ0n) is 12.9. The second-order valence-electron chi connectivity index (χ2n) is 5.58. The van der Waals surface area contributed by atoms with Crippen molar-refractivity contribution in [3.63, 3.8) is 0 Å². The molecule has 0 amide bonds. The molecule has 2 aliphatic rings. The Bertz CT molecular complexity index is 858. The number of aliphatic hydroxyl groups excluding tert-OH is 1. The van der Waals surface area contributed by atoms with Crippen LogP contribution < -0.4 is 4.90 Å².